The summed E-state index contributed by atoms with van der Waals surface area (Å²) in [4.78, 5) is 59.5. The van der Waals surface area contributed by atoms with Crippen molar-refractivity contribution in [2.75, 3.05) is 46.1 Å². The van der Waals surface area contributed by atoms with Crippen LogP contribution in [0.3, 0.4) is 0 Å². The molecule has 1 aliphatic heterocycles. The number of pyridine rings is 1. The maximum atomic E-state index is 15.9. The van der Waals surface area contributed by atoms with E-state index >= 15 is 8.78 Å². The lowest BCUT2D eigenvalue weighted by atomic mass is 9.96. The predicted molar refractivity (Wildman–Crippen MR) is 204 cm³/mol. The number of rotatable bonds is 21. The second-order valence-electron chi connectivity index (χ2n) is 14.3. The van der Waals surface area contributed by atoms with Crippen LogP contribution < -0.4 is 20.7 Å². The van der Waals surface area contributed by atoms with Crippen LogP contribution >= 0.6 is 0 Å². The number of Topliss-reactive ketones (excluding diaryl/α,β-unsaturated/α-hetero) is 1. The van der Waals surface area contributed by atoms with Crippen molar-refractivity contribution >= 4 is 23.7 Å². The number of aromatic nitrogens is 1. The van der Waals surface area contributed by atoms with Crippen LogP contribution in [0.4, 0.5) is 13.6 Å². The molecular formula is C41H53F2N5O8. The minimum absolute atomic E-state index is 0.0691. The van der Waals surface area contributed by atoms with Crippen molar-refractivity contribution in [2.45, 2.75) is 71.4 Å². The average molecular weight is 782 g/mol. The van der Waals surface area contributed by atoms with Gasteiger partial charge in [-0.25, -0.2) is 4.79 Å². The van der Waals surface area contributed by atoms with E-state index in [4.69, 9.17) is 18.9 Å². The highest BCUT2D eigenvalue weighted by Gasteiger charge is 2.51. The van der Waals surface area contributed by atoms with Gasteiger partial charge in [0.1, 0.15) is 25.0 Å². The van der Waals surface area contributed by atoms with Crippen molar-refractivity contribution < 1.29 is 46.9 Å². The Morgan fingerprint density at radius 2 is 1.54 bits per heavy atom. The number of morpholine rings is 1. The van der Waals surface area contributed by atoms with E-state index in [1.54, 1.807) is 101 Å². The Morgan fingerprint density at radius 1 is 0.839 bits per heavy atom. The van der Waals surface area contributed by atoms with Gasteiger partial charge < -0.3 is 34.9 Å². The van der Waals surface area contributed by atoms with E-state index in [-0.39, 0.29) is 32.2 Å². The lowest BCUT2D eigenvalue weighted by molar-refractivity contribution is -0.161. The summed E-state index contributed by atoms with van der Waals surface area (Å²) in [6.45, 7) is 10.8. The van der Waals surface area contributed by atoms with Crippen LogP contribution in [0.5, 0.6) is 5.75 Å². The van der Waals surface area contributed by atoms with E-state index in [9.17, 15) is 19.2 Å². The number of alkyl halides is 2. The SMILES string of the molecule is CC(C)[C@H](COCc1cccnc1)NC(=O)C(F)(F)C(=O)C(Cc1ccc(OCCN2CCOCC2)cc1)NC(=O)[C@@H](NC(=O)OCc1ccccc1)C(C)C. The molecule has 3 N–H and O–H groups in total. The molecule has 1 unspecified atom stereocenters. The molecule has 15 heteroatoms. The summed E-state index contributed by atoms with van der Waals surface area (Å²) in [5, 5.41) is 7.16. The summed E-state index contributed by atoms with van der Waals surface area (Å²) in [6.07, 6.45) is 1.91. The number of ether oxygens (including phenoxy) is 4. The maximum Gasteiger partial charge on any atom is 0.408 e. The van der Waals surface area contributed by atoms with E-state index < -0.39 is 53.7 Å². The molecule has 0 radical (unpaired) electrons. The summed E-state index contributed by atoms with van der Waals surface area (Å²) in [5.41, 5.74) is 1.89. The number of alkyl carbamates (subject to hydrolysis) is 1. The van der Waals surface area contributed by atoms with Crippen LogP contribution in [0.2, 0.25) is 0 Å². The standard InChI is InChI=1S/C41H53F2N5O8/c1-28(2)35(27-54-25-32-11-8-16-44-24-32)46-39(51)41(42,43)37(49)34(23-30-12-14-33(15-13-30)55-22-19-48-17-20-53-21-18-48)45-38(50)36(29(3)4)47-40(52)56-26-31-9-6-5-7-10-31/h5-16,24,28-29,34-36H,17-23,25-27H2,1-4H3,(H,45,50)(H,46,51)(H,47,52)/t34?,35-,36-/m0/s1. The molecule has 1 saturated heterocycles. The highest BCUT2D eigenvalue weighted by molar-refractivity contribution is 6.10. The van der Waals surface area contributed by atoms with E-state index in [2.05, 4.69) is 25.8 Å². The molecule has 1 fully saturated rings. The second kappa shape index (κ2) is 21.9. The minimum atomic E-state index is -4.55. The number of carbonyl (C=O) groups excluding carboxylic acids is 4. The number of carbonyl (C=O) groups is 4. The first-order valence-electron chi connectivity index (χ1n) is 18.8. The van der Waals surface area contributed by atoms with Crippen molar-refractivity contribution in [3.63, 3.8) is 0 Å². The molecule has 0 bridgehead atoms. The fourth-order valence-corrected chi connectivity index (χ4v) is 5.75. The van der Waals surface area contributed by atoms with Gasteiger partial charge in [-0.1, -0.05) is 76.2 Å². The zero-order valence-corrected chi connectivity index (χ0v) is 32.4. The first kappa shape index (κ1) is 43.7. The van der Waals surface area contributed by atoms with Gasteiger partial charge in [-0.3, -0.25) is 24.3 Å². The monoisotopic (exact) mass is 781 g/mol. The Kier molecular flexibility index (Phi) is 17.1. The quantitative estimate of drug-likeness (QED) is 0.133. The topological polar surface area (TPSA) is 157 Å². The molecule has 0 aliphatic carbocycles. The lowest BCUT2D eigenvalue weighted by Gasteiger charge is -2.28. The van der Waals surface area contributed by atoms with Gasteiger partial charge in [-0.05, 0) is 46.7 Å². The summed E-state index contributed by atoms with van der Waals surface area (Å²) in [7, 11) is 0. The number of hydrogen-bond donors (Lipinski definition) is 3. The zero-order valence-electron chi connectivity index (χ0n) is 32.4. The highest BCUT2D eigenvalue weighted by Crippen LogP contribution is 2.22. The largest absolute Gasteiger partial charge is 0.492 e. The minimum Gasteiger partial charge on any atom is -0.492 e. The molecule has 1 aliphatic rings. The molecule has 3 atom stereocenters. The lowest BCUT2D eigenvalue weighted by Crippen LogP contribution is -2.60. The first-order chi connectivity index (χ1) is 26.8. The van der Waals surface area contributed by atoms with Crippen molar-refractivity contribution in [3.05, 3.63) is 95.8 Å². The molecule has 56 heavy (non-hydrogen) atoms. The Labute approximate surface area is 326 Å². The fraction of sp³-hybridized carbons (Fsp3) is 0.488. The molecule has 0 spiro atoms. The van der Waals surface area contributed by atoms with Gasteiger partial charge in [0, 0.05) is 38.4 Å². The normalized spacial score (nSPS) is 15.1. The second-order valence-corrected chi connectivity index (χ2v) is 14.3. The number of ketones is 1. The highest BCUT2D eigenvalue weighted by atomic mass is 19.3. The average Bonchev–Trinajstić information content (AvgIpc) is 3.19. The van der Waals surface area contributed by atoms with Gasteiger partial charge in [0.15, 0.2) is 0 Å². The summed E-state index contributed by atoms with van der Waals surface area (Å²) in [5.74, 6) is -9.43. The van der Waals surface area contributed by atoms with E-state index in [1.807, 2.05) is 6.07 Å². The van der Waals surface area contributed by atoms with Crippen LogP contribution in [0.25, 0.3) is 0 Å². The van der Waals surface area contributed by atoms with Crippen LogP contribution in [-0.4, -0.2) is 104 Å². The third-order valence-electron chi connectivity index (χ3n) is 9.22. The van der Waals surface area contributed by atoms with Gasteiger partial charge in [0.25, 0.3) is 5.91 Å². The molecule has 4 rings (SSSR count). The van der Waals surface area contributed by atoms with Gasteiger partial charge in [-0.2, -0.15) is 8.78 Å². The van der Waals surface area contributed by atoms with Crippen molar-refractivity contribution in [1.82, 2.24) is 25.8 Å². The number of nitrogens with one attached hydrogen (secondary N) is 3. The van der Waals surface area contributed by atoms with Gasteiger partial charge >= 0.3 is 12.0 Å². The summed E-state index contributed by atoms with van der Waals surface area (Å²) in [6, 6.07) is 14.9. The number of halogens is 2. The molecule has 13 nitrogen and oxygen atoms in total. The first-order valence-corrected chi connectivity index (χ1v) is 18.8. The Hall–Kier alpha value is -4.99. The number of benzene rings is 2. The van der Waals surface area contributed by atoms with Gasteiger partial charge in [0.2, 0.25) is 11.7 Å². The number of nitrogens with zero attached hydrogens (tertiary/aromatic N) is 2. The molecule has 1 aromatic heterocycles. The van der Waals surface area contributed by atoms with Crippen molar-refractivity contribution in [1.29, 1.82) is 0 Å². The van der Waals surface area contributed by atoms with Crippen molar-refractivity contribution in [3.8, 4) is 5.75 Å². The molecule has 2 aromatic carbocycles. The third kappa shape index (κ3) is 13.9. The van der Waals surface area contributed by atoms with E-state index in [0.717, 1.165) is 18.7 Å². The zero-order chi connectivity index (χ0) is 40.5. The number of hydrogen-bond acceptors (Lipinski definition) is 10. The van der Waals surface area contributed by atoms with Crippen LogP contribution in [0.15, 0.2) is 79.1 Å². The van der Waals surface area contributed by atoms with Gasteiger partial charge in [0.05, 0.1) is 38.5 Å². The number of amides is 3. The molecule has 3 aromatic rings. The fourth-order valence-electron chi connectivity index (χ4n) is 5.75. The molecule has 0 saturated carbocycles. The molecular weight excluding hydrogens is 728 g/mol. The van der Waals surface area contributed by atoms with Crippen LogP contribution in [0, 0.1) is 11.8 Å². The predicted octanol–water partition coefficient (Wildman–Crippen LogP) is 4.33. The van der Waals surface area contributed by atoms with E-state index in [1.165, 1.54) is 0 Å². The third-order valence-corrected chi connectivity index (χ3v) is 9.22. The molecule has 304 valence electrons. The van der Waals surface area contributed by atoms with E-state index in [0.29, 0.717) is 43.2 Å². The van der Waals surface area contributed by atoms with Crippen LogP contribution in [0.1, 0.15) is 44.4 Å². The molecule has 3 amide bonds. The summed E-state index contributed by atoms with van der Waals surface area (Å²) < 4.78 is 54.0. The van der Waals surface area contributed by atoms with Crippen molar-refractivity contribution in [2.24, 2.45) is 11.8 Å². The Balaban J connectivity index is 1.46. The van der Waals surface area contributed by atoms with Gasteiger partial charge in [-0.15, -0.1) is 0 Å². The smallest absolute Gasteiger partial charge is 0.408 e. The maximum absolute atomic E-state index is 15.9. The Bertz CT molecular complexity index is 1680. The Morgan fingerprint density at radius 3 is 2.18 bits per heavy atom. The molecule has 2 heterocycles. The summed E-state index contributed by atoms with van der Waals surface area (Å²) >= 11 is 0. The van der Waals surface area contributed by atoms with Crippen LogP contribution in [-0.2, 0) is 48.2 Å².